The Morgan fingerprint density at radius 1 is 0.846 bits per heavy atom. The Morgan fingerprint density at radius 3 is 1.96 bits per heavy atom. The molecule has 2 aromatic carbocycles. The maximum atomic E-state index is 12.4. The highest BCUT2D eigenvalue weighted by Gasteiger charge is 2.11. The lowest BCUT2D eigenvalue weighted by molar-refractivity contribution is 0.0953. The lowest BCUT2D eigenvalue weighted by Gasteiger charge is -2.13. The van der Waals surface area contributed by atoms with E-state index in [0.29, 0.717) is 41.5 Å². The van der Waals surface area contributed by atoms with Crippen LogP contribution in [0.15, 0.2) is 30.3 Å². The Bertz CT molecular complexity index is 751. The first-order chi connectivity index (χ1) is 12.5. The summed E-state index contributed by atoms with van der Waals surface area (Å²) in [7, 11) is 6.32. The molecule has 6 heteroatoms. The molecule has 2 aromatic rings. The fourth-order valence-electron chi connectivity index (χ4n) is 2.64. The van der Waals surface area contributed by atoms with Gasteiger partial charge in [0.05, 0.1) is 28.4 Å². The minimum atomic E-state index is -0.180. The van der Waals surface area contributed by atoms with Crippen molar-refractivity contribution in [1.29, 1.82) is 0 Å². The molecule has 0 bridgehead atoms. The Morgan fingerprint density at radius 2 is 1.42 bits per heavy atom. The average molecular weight is 359 g/mol. The molecule has 0 aromatic heterocycles. The van der Waals surface area contributed by atoms with Crippen molar-refractivity contribution in [3.8, 4) is 23.0 Å². The number of carbonyl (C=O) groups excluding carboxylic acids is 1. The van der Waals surface area contributed by atoms with Crippen LogP contribution in [0.3, 0.4) is 0 Å². The topological polar surface area (TPSA) is 66.0 Å². The number of nitrogens with one attached hydrogen (secondary N) is 1. The highest BCUT2D eigenvalue weighted by atomic mass is 16.5. The zero-order chi connectivity index (χ0) is 19.1. The highest BCUT2D eigenvalue weighted by molar-refractivity contribution is 5.95. The summed E-state index contributed by atoms with van der Waals surface area (Å²) in [6.45, 7) is 2.50. The summed E-state index contributed by atoms with van der Waals surface area (Å²) in [5.41, 5.74) is 2.66. The van der Waals surface area contributed by atoms with E-state index in [1.54, 1.807) is 46.6 Å². The molecule has 0 atom stereocenters. The quantitative estimate of drug-likeness (QED) is 0.785. The van der Waals surface area contributed by atoms with Gasteiger partial charge in [-0.15, -0.1) is 0 Å². The van der Waals surface area contributed by atoms with Crippen LogP contribution in [0.1, 0.15) is 21.5 Å². The molecule has 0 unspecified atom stereocenters. The summed E-state index contributed by atoms with van der Waals surface area (Å²) < 4.78 is 21.0. The van der Waals surface area contributed by atoms with Crippen LogP contribution in [0.5, 0.6) is 23.0 Å². The van der Waals surface area contributed by atoms with Crippen molar-refractivity contribution in [2.45, 2.75) is 13.3 Å². The van der Waals surface area contributed by atoms with E-state index in [4.69, 9.17) is 18.9 Å². The lowest BCUT2D eigenvalue weighted by atomic mass is 10.0. The fourth-order valence-corrected chi connectivity index (χ4v) is 2.64. The zero-order valence-electron chi connectivity index (χ0n) is 15.8. The van der Waals surface area contributed by atoms with Crippen LogP contribution >= 0.6 is 0 Å². The van der Waals surface area contributed by atoms with Crippen LogP contribution in [0, 0.1) is 6.92 Å². The number of amides is 1. The van der Waals surface area contributed by atoms with Crippen molar-refractivity contribution < 1.29 is 23.7 Å². The van der Waals surface area contributed by atoms with E-state index in [1.165, 1.54) is 0 Å². The summed E-state index contributed by atoms with van der Waals surface area (Å²) in [6.07, 6.45) is 0.680. The lowest BCUT2D eigenvalue weighted by Crippen LogP contribution is -2.26. The van der Waals surface area contributed by atoms with Gasteiger partial charge in [-0.05, 0) is 48.7 Å². The van der Waals surface area contributed by atoms with Gasteiger partial charge in [0.25, 0.3) is 5.91 Å². The molecule has 1 N–H and O–H groups in total. The van der Waals surface area contributed by atoms with Gasteiger partial charge in [-0.1, -0.05) is 0 Å². The fraction of sp³-hybridized carbons (Fsp3) is 0.350. The van der Waals surface area contributed by atoms with Gasteiger partial charge in [-0.25, -0.2) is 0 Å². The second-order valence-electron chi connectivity index (χ2n) is 5.74. The van der Waals surface area contributed by atoms with Crippen LogP contribution in [-0.4, -0.2) is 40.9 Å². The summed E-state index contributed by atoms with van der Waals surface area (Å²) in [5.74, 6) is 2.34. The highest BCUT2D eigenvalue weighted by Crippen LogP contribution is 2.30. The predicted molar refractivity (Wildman–Crippen MR) is 99.9 cm³/mol. The molecule has 0 aliphatic rings. The van der Waals surface area contributed by atoms with E-state index in [0.717, 1.165) is 11.1 Å². The number of aryl methyl sites for hydroxylation is 1. The molecule has 0 saturated carbocycles. The largest absolute Gasteiger partial charge is 0.497 e. The second kappa shape index (κ2) is 8.99. The third-order valence-corrected chi connectivity index (χ3v) is 4.14. The van der Waals surface area contributed by atoms with Gasteiger partial charge in [0, 0.05) is 18.2 Å². The molecule has 26 heavy (non-hydrogen) atoms. The number of hydrogen-bond acceptors (Lipinski definition) is 5. The van der Waals surface area contributed by atoms with Crippen molar-refractivity contribution in [1.82, 2.24) is 5.32 Å². The molecule has 140 valence electrons. The number of ether oxygens (including phenoxy) is 4. The molecule has 0 radical (unpaired) electrons. The van der Waals surface area contributed by atoms with E-state index in [2.05, 4.69) is 5.32 Å². The molecule has 0 fully saturated rings. The van der Waals surface area contributed by atoms with Crippen molar-refractivity contribution in [3.05, 3.63) is 47.0 Å². The minimum absolute atomic E-state index is 0.180. The molecule has 0 aliphatic heterocycles. The molecule has 0 heterocycles. The average Bonchev–Trinajstić information content (AvgIpc) is 2.68. The van der Waals surface area contributed by atoms with Crippen LogP contribution in [0.2, 0.25) is 0 Å². The molecule has 0 saturated heterocycles. The molecule has 0 spiro atoms. The second-order valence-corrected chi connectivity index (χ2v) is 5.74. The SMILES string of the molecule is COc1cc(OC)cc(C(=O)NCCc2cc(OC)c(OC)cc2C)c1. The van der Waals surface area contributed by atoms with E-state index >= 15 is 0 Å². The number of carbonyl (C=O) groups is 1. The first-order valence-electron chi connectivity index (χ1n) is 8.25. The van der Waals surface area contributed by atoms with Crippen molar-refractivity contribution >= 4 is 5.91 Å². The Kier molecular flexibility index (Phi) is 6.72. The number of benzene rings is 2. The van der Waals surface area contributed by atoms with Gasteiger partial charge in [0.1, 0.15) is 11.5 Å². The number of methoxy groups -OCH3 is 4. The number of rotatable bonds is 8. The summed E-state index contributed by atoms with van der Waals surface area (Å²) >= 11 is 0. The molecular weight excluding hydrogens is 334 g/mol. The maximum absolute atomic E-state index is 12.4. The van der Waals surface area contributed by atoms with Gasteiger partial charge in [0.15, 0.2) is 11.5 Å². The van der Waals surface area contributed by atoms with Gasteiger partial charge < -0.3 is 24.3 Å². The summed E-state index contributed by atoms with van der Waals surface area (Å²) in [4.78, 5) is 12.4. The molecular formula is C20H25NO5. The van der Waals surface area contributed by atoms with Crippen molar-refractivity contribution in [2.24, 2.45) is 0 Å². The first kappa shape index (κ1) is 19.4. The first-order valence-corrected chi connectivity index (χ1v) is 8.25. The number of hydrogen-bond donors (Lipinski definition) is 1. The van der Waals surface area contributed by atoms with Crippen LogP contribution < -0.4 is 24.3 Å². The van der Waals surface area contributed by atoms with Crippen molar-refractivity contribution in [2.75, 3.05) is 35.0 Å². The Balaban J connectivity index is 2.05. The Hall–Kier alpha value is -2.89. The Labute approximate surface area is 154 Å². The minimum Gasteiger partial charge on any atom is -0.497 e. The standard InChI is InChI=1S/C20H25NO5/c1-13-8-18(25-4)19(26-5)11-14(13)6-7-21-20(22)15-9-16(23-2)12-17(10-15)24-3/h8-12H,6-7H2,1-5H3,(H,21,22). The van der Waals surface area contributed by atoms with Gasteiger partial charge in [0.2, 0.25) is 0 Å². The van der Waals surface area contributed by atoms with Crippen LogP contribution in [0.4, 0.5) is 0 Å². The molecule has 6 nitrogen and oxygen atoms in total. The molecule has 0 aliphatic carbocycles. The van der Waals surface area contributed by atoms with Crippen molar-refractivity contribution in [3.63, 3.8) is 0 Å². The van der Waals surface area contributed by atoms with E-state index < -0.39 is 0 Å². The molecule has 2 rings (SSSR count). The van der Waals surface area contributed by atoms with Gasteiger partial charge in [-0.3, -0.25) is 4.79 Å². The van der Waals surface area contributed by atoms with Gasteiger partial charge in [-0.2, -0.15) is 0 Å². The maximum Gasteiger partial charge on any atom is 0.251 e. The predicted octanol–water partition coefficient (Wildman–Crippen LogP) is 3.00. The van der Waals surface area contributed by atoms with Crippen LogP contribution in [0.25, 0.3) is 0 Å². The third kappa shape index (κ3) is 4.59. The normalized spacial score (nSPS) is 10.2. The smallest absolute Gasteiger partial charge is 0.251 e. The van der Waals surface area contributed by atoms with E-state index in [9.17, 15) is 4.79 Å². The monoisotopic (exact) mass is 359 g/mol. The van der Waals surface area contributed by atoms with Crippen LogP contribution in [-0.2, 0) is 6.42 Å². The van der Waals surface area contributed by atoms with E-state index in [-0.39, 0.29) is 5.91 Å². The van der Waals surface area contributed by atoms with Gasteiger partial charge >= 0.3 is 0 Å². The third-order valence-electron chi connectivity index (χ3n) is 4.14. The van der Waals surface area contributed by atoms with E-state index in [1.807, 2.05) is 19.1 Å². The summed E-state index contributed by atoms with van der Waals surface area (Å²) in [6, 6.07) is 8.96. The summed E-state index contributed by atoms with van der Waals surface area (Å²) in [5, 5.41) is 2.92. The zero-order valence-corrected chi connectivity index (χ0v) is 15.8. The molecule has 1 amide bonds.